The van der Waals surface area contributed by atoms with E-state index in [1.165, 1.54) is 77.0 Å². The van der Waals surface area contributed by atoms with Crippen LogP contribution in [0.4, 0.5) is 0 Å². The maximum Gasteiger partial charge on any atom is 0.0512 e. The normalized spacial score (nSPS) is 43.2. The molecule has 4 aliphatic carbocycles. The smallest absolute Gasteiger partial charge is 0.0512 e. The molecule has 0 radical (unpaired) electrons. The van der Waals surface area contributed by atoms with Crippen LogP contribution >= 0.6 is 0 Å². The van der Waals surface area contributed by atoms with Gasteiger partial charge in [-0.2, -0.15) is 0 Å². The summed E-state index contributed by atoms with van der Waals surface area (Å²) in [6.07, 6.45) is 20.6. The second kappa shape index (κ2) is 9.75. The van der Waals surface area contributed by atoms with Gasteiger partial charge < -0.3 is 5.11 Å². The molecule has 0 aliphatic heterocycles. The summed E-state index contributed by atoms with van der Waals surface area (Å²) < 4.78 is 0. The molecule has 0 heterocycles. The first-order valence-electron chi connectivity index (χ1n) is 14.5. The van der Waals surface area contributed by atoms with E-state index in [4.69, 9.17) is 0 Å². The van der Waals surface area contributed by atoms with Crippen LogP contribution in [0.2, 0.25) is 0 Å². The number of aliphatic hydroxyl groups is 1. The molecular formula is C31H54O. The molecule has 0 spiro atoms. The van der Waals surface area contributed by atoms with Crippen molar-refractivity contribution in [3.8, 4) is 0 Å². The predicted octanol–water partition coefficient (Wildman–Crippen LogP) is 8.81. The van der Waals surface area contributed by atoms with Gasteiger partial charge in [-0.1, -0.05) is 65.5 Å². The molecule has 1 N–H and O–H groups in total. The van der Waals surface area contributed by atoms with Crippen LogP contribution in [0.5, 0.6) is 0 Å². The molecule has 1 nitrogen and oxygen atoms in total. The monoisotopic (exact) mass is 442 g/mol. The van der Waals surface area contributed by atoms with Gasteiger partial charge in [0.25, 0.3) is 0 Å². The van der Waals surface area contributed by atoms with E-state index in [1.54, 1.807) is 0 Å². The maximum absolute atomic E-state index is 9.75. The Morgan fingerprint density at radius 3 is 2.44 bits per heavy atom. The Kier molecular flexibility index (Phi) is 7.56. The maximum atomic E-state index is 9.75. The predicted molar refractivity (Wildman–Crippen MR) is 137 cm³/mol. The summed E-state index contributed by atoms with van der Waals surface area (Å²) in [5.41, 5.74) is 2.90. The summed E-state index contributed by atoms with van der Waals surface area (Å²) in [6, 6.07) is 0. The van der Waals surface area contributed by atoms with Crippen molar-refractivity contribution >= 4 is 0 Å². The van der Waals surface area contributed by atoms with Gasteiger partial charge in [0.1, 0.15) is 0 Å². The van der Waals surface area contributed by atoms with Crippen molar-refractivity contribution in [2.45, 2.75) is 131 Å². The second-order valence-electron chi connectivity index (χ2n) is 13.8. The van der Waals surface area contributed by atoms with Gasteiger partial charge >= 0.3 is 0 Å². The minimum absolute atomic E-state index is 0.132. The molecule has 9 atom stereocenters. The van der Waals surface area contributed by atoms with E-state index >= 15 is 0 Å². The van der Waals surface area contributed by atoms with Gasteiger partial charge in [0.05, 0.1) is 6.10 Å². The van der Waals surface area contributed by atoms with Gasteiger partial charge in [0.2, 0.25) is 0 Å². The van der Waals surface area contributed by atoms with Gasteiger partial charge in [-0.3, -0.25) is 0 Å². The first-order valence-corrected chi connectivity index (χ1v) is 14.5. The van der Waals surface area contributed by atoms with Gasteiger partial charge in [-0.05, 0) is 123 Å². The fraction of sp³-hybridized carbons (Fsp3) is 0.935. The Morgan fingerprint density at radius 1 is 0.938 bits per heavy atom. The highest BCUT2D eigenvalue weighted by molar-refractivity contribution is 5.25. The number of allylic oxidation sites excluding steroid dienone is 2. The van der Waals surface area contributed by atoms with Crippen LogP contribution in [0.1, 0.15) is 125 Å². The van der Waals surface area contributed by atoms with E-state index in [1.807, 2.05) is 12.5 Å². The Morgan fingerprint density at radius 2 is 1.72 bits per heavy atom. The van der Waals surface area contributed by atoms with Crippen molar-refractivity contribution in [1.29, 1.82) is 0 Å². The Labute approximate surface area is 200 Å². The van der Waals surface area contributed by atoms with Gasteiger partial charge in [-0.15, -0.1) is 0 Å². The van der Waals surface area contributed by atoms with Crippen LogP contribution in [0.15, 0.2) is 11.6 Å². The molecule has 1 heteroatoms. The Hall–Kier alpha value is -0.300. The summed E-state index contributed by atoms with van der Waals surface area (Å²) in [7, 11) is 0. The van der Waals surface area contributed by atoms with Crippen LogP contribution in [0.3, 0.4) is 0 Å². The summed E-state index contributed by atoms with van der Waals surface area (Å²) >= 11 is 0. The third-order valence-corrected chi connectivity index (χ3v) is 11.4. The topological polar surface area (TPSA) is 20.2 Å². The quantitative estimate of drug-likeness (QED) is 0.372. The van der Waals surface area contributed by atoms with Crippen LogP contribution < -0.4 is 0 Å². The first-order chi connectivity index (χ1) is 15.1. The lowest BCUT2D eigenvalue weighted by Gasteiger charge is -2.58. The number of rotatable bonds is 8. The summed E-state index contributed by atoms with van der Waals surface area (Å²) in [5, 5.41) is 9.75. The van der Waals surface area contributed by atoms with Crippen molar-refractivity contribution in [3.63, 3.8) is 0 Å². The number of aliphatic hydroxyl groups excluding tert-OH is 1. The first kappa shape index (κ1) is 24.8. The highest BCUT2D eigenvalue weighted by atomic mass is 16.3. The lowest BCUT2D eigenvalue weighted by molar-refractivity contribution is -0.0531. The molecule has 0 saturated heterocycles. The zero-order valence-electron chi connectivity index (χ0n) is 22.3. The zero-order valence-corrected chi connectivity index (χ0v) is 22.3. The molecule has 0 aromatic rings. The molecule has 3 fully saturated rings. The van der Waals surface area contributed by atoms with Crippen molar-refractivity contribution in [2.75, 3.05) is 0 Å². The van der Waals surface area contributed by atoms with Crippen LogP contribution in [-0.4, -0.2) is 11.2 Å². The molecule has 0 amide bonds. The van der Waals surface area contributed by atoms with Gasteiger partial charge in [0, 0.05) is 0 Å². The average Bonchev–Trinajstić information content (AvgIpc) is 3.09. The van der Waals surface area contributed by atoms with Gasteiger partial charge in [0.15, 0.2) is 0 Å². The molecule has 0 bridgehead atoms. The summed E-state index contributed by atoms with van der Waals surface area (Å²) in [4.78, 5) is 0. The molecule has 32 heavy (non-hydrogen) atoms. The molecule has 3 saturated carbocycles. The molecule has 4 aliphatic rings. The van der Waals surface area contributed by atoms with Crippen molar-refractivity contribution in [1.82, 2.24) is 0 Å². The van der Waals surface area contributed by atoms with E-state index in [0.717, 1.165) is 47.8 Å². The van der Waals surface area contributed by atoms with Gasteiger partial charge in [-0.25, -0.2) is 0 Å². The molecule has 4 rings (SSSR count). The SMILES string of the molecule is CC(C)CCCC(C)C1CCC2C3CC=C4CC(CCC(C)O)CCC4(C)C3CCC12C. The second-order valence-corrected chi connectivity index (χ2v) is 13.8. The third kappa shape index (κ3) is 4.63. The summed E-state index contributed by atoms with van der Waals surface area (Å²) in [5.74, 6) is 6.41. The number of hydrogen-bond acceptors (Lipinski definition) is 1. The average molecular weight is 443 g/mol. The van der Waals surface area contributed by atoms with E-state index in [9.17, 15) is 5.11 Å². The van der Waals surface area contributed by atoms with Crippen molar-refractivity contribution in [2.24, 2.45) is 52.3 Å². The van der Waals surface area contributed by atoms with E-state index < -0.39 is 0 Å². The van der Waals surface area contributed by atoms with Crippen LogP contribution in [0, 0.1) is 52.3 Å². The fourth-order valence-electron chi connectivity index (χ4n) is 9.48. The fourth-order valence-corrected chi connectivity index (χ4v) is 9.48. The van der Waals surface area contributed by atoms with Crippen LogP contribution in [-0.2, 0) is 0 Å². The molecule has 0 aromatic heterocycles. The van der Waals surface area contributed by atoms with E-state index in [-0.39, 0.29) is 6.10 Å². The highest BCUT2D eigenvalue weighted by Gasteiger charge is 2.59. The third-order valence-electron chi connectivity index (χ3n) is 11.4. The van der Waals surface area contributed by atoms with Crippen molar-refractivity contribution < 1.29 is 5.11 Å². The Bertz CT molecular complexity index is 661. The molecule has 9 unspecified atom stereocenters. The minimum atomic E-state index is -0.132. The number of fused-ring (bicyclic) bond motifs is 5. The zero-order chi connectivity index (χ0) is 23.1. The van der Waals surface area contributed by atoms with Crippen LogP contribution in [0.25, 0.3) is 0 Å². The molecule has 184 valence electrons. The Balaban J connectivity index is 1.44. The summed E-state index contributed by atoms with van der Waals surface area (Å²) in [6.45, 7) is 14.7. The highest BCUT2D eigenvalue weighted by Crippen LogP contribution is 2.67. The lowest BCUT2D eigenvalue weighted by atomic mass is 9.46. The molecular weight excluding hydrogens is 388 g/mol. The standard InChI is InChI=1S/C31H54O/c1-21(2)8-7-9-22(3)27-14-15-28-26-13-12-25-20-24(11-10-23(4)32)16-18-30(25,5)29(26)17-19-31(27,28)6/h12,21-24,26-29,32H,7-11,13-20H2,1-6H3. The molecule has 0 aromatic carbocycles. The lowest BCUT2D eigenvalue weighted by Crippen LogP contribution is -2.50. The minimum Gasteiger partial charge on any atom is -0.393 e. The van der Waals surface area contributed by atoms with E-state index in [0.29, 0.717) is 10.8 Å². The largest absolute Gasteiger partial charge is 0.393 e. The van der Waals surface area contributed by atoms with E-state index in [2.05, 4.69) is 40.7 Å². The number of hydrogen-bond donors (Lipinski definition) is 1. The van der Waals surface area contributed by atoms with Crippen molar-refractivity contribution in [3.05, 3.63) is 11.6 Å².